The lowest BCUT2D eigenvalue weighted by Gasteiger charge is -2.10. The molecule has 0 fully saturated rings. The van der Waals surface area contributed by atoms with E-state index in [-0.39, 0.29) is 0 Å². The summed E-state index contributed by atoms with van der Waals surface area (Å²) in [5.74, 6) is 0. The lowest BCUT2D eigenvalue weighted by molar-refractivity contribution is 1.32. The van der Waals surface area contributed by atoms with Crippen molar-refractivity contribution in [1.82, 2.24) is 0 Å². The van der Waals surface area contributed by atoms with Crippen LogP contribution in [0.2, 0.25) is 0 Å². The van der Waals surface area contributed by atoms with Crippen molar-refractivity contribution in [3.05, 3.63) is 77.0 Å². The number of rotatable bonds is 5. The van der Waals surface area contributed by atoms with E-state index in [9.17, 15) is 0 Å². The van der Waals surface area contributed by atoms with Crippen molar-refractivity contribution in [2.24, 2.45) is 4.99 Å². The summed E-state index contributed by atoms with van der Waals surface area (Å²) in [6.45, 7) is 2.02. The normalized spacial score (nSPS) is 18.1. The van der Waals surface area contributed by atoms with Gasteiger partial charge in [-0.15, -0.1) is 11.3 Å². The minimum atomic E-state index is 0.887. The zero-order valence-electron chi connectivity index (χ0n) is 12.0. The maximum absolute atomic E-state index is 4.62. The molecule has 0 atom stereocenters. The van der Waals surface area contributed by atoms with Gasteiger partial charge in [-0.25, -0.2) is 0 Å². The van der Waals surface area contributed by atoms with Crippen LogP contribution in [0.3, 0.4) is 0 Å². The van der Waals surface area contributed by atoms with E-state index in [1.807, 2.05) is 25.3 Å². The van der Waals surface area contributed by atoms with Gasteiger partial charge in [-0.3, -0.25) is 4.99 Å². The van der Waals surface area contributed by atoms with E-state index in [0.717, 1.165) is 29.3 Å². The quantitative estimate of drug-likeness (QED) is 0.738. The van der Waals surface area contributed by atoms with Gasteiger partial charge in [0, 0.05) is 12.6 Å². The summed E-state index contributed by atoms with van der Waals surface area (Å²) in [6, 6.07) is 4.13. The largest absolute Gasteiger partial charge is 0.346 e. The molecule has 0 aromatic carbocycles. The van der Waals surface area contributed by atoms with Gasteiger partial charge in [-0.1, -0.05) is 30.4 Å². The molecule has 1 aliphatic heterocycles. The Morgan fingerprint density at radius 2 is 2.38 bits per heavy atom. The van der Waals surface area contributed by atoms with Crippen LogP contribution in [0, 0.1) is 0 Å². The standard InChI is InChI=1S/C18H18N2S/c1-2-3-9-16(20-18-10-6-11-21-18)17-12-15(13-19-17)14-7-4-5-8-14/h2-4,6-11,13,20H,5,12H2,1H3/b3-2-,16-9+. The van der Waals surface area contributed by atoms with Crippen molar-refractivity contribution < 1.29 is 0 Å². The van der Waals surface area contributed by atoms with Crippen molar-refractivity contribution in [2.75, 3.05) is 5.32 Å². The Bertz CT molecular complexity index is 683. The summed E-state index contributed by atoms with van der Waals surface area (Å²) in [6.07, 6.45) is 16.7. The lowest BCUT2D eigenvalue weighted by atomic mass is 10.0. The van der Waals surface area contributed by atoms with Crippen molar-refractivity contribution in [3.63, 3.8) is 0 Å². The third-order valence-corrected chi connectivity index (χ3v) is 4.21. The molecule has 0 saturated heterocycles. The minimum absolute atomic E-state index is 0.887. The number of thiophene rings is 1. The summed E-state index contributed by atoms with van der Waals surface area (Å²) >= 11 is 1.70. The maximum Gasteiger partial charge on any atom is 0.0927 e. The first kappa shape index (κ1) is 13.8. The molecule has 106 valence electrons. The fourth-order valence-corrected chi connectivity index (χ4v) is 2.98. The number of hydrogen-bond acceptors (Lipinski definition) is 3. The third-order valence-electron chi connectivity index (χ3n) is 3.42. The van der Waals surface area contributed by atoms with Gasteiger partial charge in [0.15, 0.2) is 0 Å². The second-order valence-corrected chi connectivity index (χ2v) is 5.86. The predicted octanol–water partition coefficient (Wildman–Crippen LogP) is 5.23. The Labute approximate surface area is 129 Å². The zero-order valence-corrected chi connectivity index (χ0v) is 12.9. The van der Waals surface area contributed by atoms with Crippen molar-refractivity contribution in [2.45, 2.75) is 19.8 Å². The SMILES string of the molecule is C/C=C\C=C(\Nc1cccs1)C1=NC=C(C2=CCC=C2)C1. The number of nitrogens with one attached hydrogen (secondary N) is 1. The van der Waals surface area contributed by atoms with Crippen LogP contribution in [0.15, 0.2) is 82.0 Å². The second kappa shape index (κ2) is 6.55. The Kier molecular flexibility index (Phi) is 4.31. The Morgan fingerprint density at radius 3 is 3.10 bits per heavy atom. The fraction of sp³-hybridized carbons (Fsp3) is 0.167. The highest BCUT2D eigenvalue weighted by Gasteiger charge is 2.17. The summed E-state index contributed by atoms with van der Waals surface area (Å²) < 4.78 is 0. The Hall–Kier alpha value is -2.13. The number of anilines is 1. The van der Waals surface area contributed by atoms with E-state index in [1.165, 1.54) is 11.1 Å². The summed E-state index contributed by atoms with van der Waals surface area (Å²) in [7, 11) is 0. The summed E-state index contributed by atoms with van der Waals surface area (Å²) in [4.78, 5) is 4.62. The molecule has 1 aromatic rings. The third kappa shape index (κ3) is 3.31. The Balaban J connectivity index is 1.75. The molecule has 2 aliphatic rings. The molecule has 1 aromatic heterocycles. The van der Waals surface area contributed by atoms with Crippen LogP contribution in [-0.2, 0) is 0 Å². The van der Waals surface area contributed by atoms with Gasteiger partial charge < -0.3 is 5.32 Å². The highest BCUT2D eigenvalue weighted by molar-refractivity contribution is 7.14. The molecule has 0 spiro atoms. The van der Waals surface area contributed by atoms with Gasteiger partial charge in [-0.2, -0.15) is 0 Å². The number of aliphatic imine (C=N–C) groups is 1. The van der Waals surface area contributed by atoms with Crippen LogP contribution in [0.5, 0.6) is 0 Å². The van der Waals surface area contributed by atoms with E-state index < -0.39 is 0 Å². The van der Waals surface area contributed by atoms with Gasteiger partial charge in [-0.05, 0) is 48.1 Å². The second-order valence-electron chi connectivity index (χ2n) is 4.91. The van der Waals surface area contributed by atoms with E-state index >= 15 is 0 Å². The highest BCUT2D eigenvalue weighted by atomic mass is 32.1. The Morgan fingerprint density at radius 1 is 1.43 bits per heavy atom. The number of hydrogen-bond donors (Lipinski definition) is 1. The van der Waals surface area contributed by atoms with Gasteiger partial charge in [0.1, 0.15) is 0 Å². The first-order chi connectivity index (χ1) is 10.4. The number of nitrogens with zero attached hydrogens (tertiary/aromatic N) is 1. The molecule has 0 bridgehead atoms. The van der Waals surface area contributed by atoms with Crippen molar-refractivity contribution in [3.8, 4) is 0 Å². The molecule has 0 amide bonds. The molecule has 1 N–H and O–H groups in total. The lowest BCUT2D eigenvalue weighted by Crippen LogP contribution is -2.09. The highest BCUT2D eigenvalue weighted by Crippen LogP contribution is 2.28. The predicted molar refractivity (Wildman–Crippen MR) is 92.8 cm³/mol. The topological polar surface area (TPSA) is 24.4 Å². The molecule has 2 heterocycles. The van der Waals surface area contributed by atoms with Crippen LogP contribution < -0.4 is 5.32 Å². The van der Waals surface area contributed by atoms with Gasteiger partial charge >= 0.3 is 0 Å². The van der Waals surface area contributed by atoms with Crippen LogP contribution in [-0.4, -0.2) is 5.71 Å². The van der Waals surface area contributed by atoms with E-state index in [4.69, 9.17) is 0 Å². The first-order valence-corrected chi connectivity index (χ1v) is 8.01. The van der Waals surface area contributed by atoms with Crippen LogP contribution >= 0.6 is 11.3 Å². The first-order valence-electron chi connectivity index (χ1n) is 7.13. The maximum atomic E-state index is 4.62. The number of allylic oxidation sites excluding steroid dienone is 9. The molecule has 0 saturated carbocycles. The molecular formula is C18H18N2S. The molecule has 1 aliphatic carbocycles. The minimum Gasteiger partial charge on any atom is -0.346 e. The molecule has 0 radical (unpaired) electrons. The van der Waals surface area contributed by atoms with Crippen molar-refractivity contribution in [1.29, 1.82) is 0 Å². The van der Waals surface area contributed by atoms with Gasteiger partial charge in [0.05, 0.1) is 16.4 Å². The molecule has 21 heavy (non-hydrogen) atoms. The molecular weight excluding hydrogens is 276 g/mol. The van der Waals surface area contributed by atoms with Crippen LogP contribution in [0.25, 0.3) is 0 Å². The van der Waals surface area contributed by atoms with Gasteiger partial charge in [0.2, 0.25) is 0 Å². The monoisotopic (exact) mass is 294 g/mol. The molecule has 2 nitrogen and oxygen atoms in total. The molecule has 3 rings (SSSR count). The van der Waals surface area contributed by atoms with E-state index in [1.54, 1.807) is 11.3 Å². The smallest absolute Gasteiger partial charge is 0.0927 e. The van der Waals surface area contributed by atoms with Crippen LogP contribution in [0.4, 0.5) is 5.00 Å². The molecule has 3 heteroatoms. The zero-order chi connectivity index (χ0) is 14.5. The fourth-order valence-electron chi connectivity index (χ4n) is 2.35. The van der Waals surface area contributed by atoms with E-state index in [2.05, 4.69) is 52.1 Å². The van der Waals surface area contributed by atoms with Crippen molar-refractivity contribution >= 4 is 22.0 Å². The van der Waals surface area contributed by atoms with Gasteiger partial charge in [0.25, 0.3) is 0 Å². The average molecular weight is 294 g/mol. The molecule has 0 unspecified atom stereocenters. The summed E-state index contributed by atoms with van der Waals surface area (Å²) in [5, 5.41) is 6.69. The summed E-state index contributed by atoms with van der Waals surface area (Å²) in [5.41, 5.74) is 4.79. The van der Waals surface area contributed by atoms with Crippen LogP contribution in [0.1, 0.15) is 19.8 Å². The van der Waals surface area contributed by atoms with E-state index in [0.29, 0.717) is 0 Å². The average Bonchev–Trinajstić information content (AvgIpc) is 3.24.